The van der Waals surface area contributed by atoms with Crippen LogP contribution in [-0.2, 0) is 5.75 Å². The van der Waals surface area contributed by atoms with Crippen molar-refractivity contribution in [1.29, 1.82) is 0 Å². The third-order valence-electron chi connectivity index (χ3n) is 3.43. The molecule has 3 aromatic rings. The lowest BCUT2D eigenvalue weighted by molar-refractivity contribution is 0.815. The Morgan fingerprint density at radius 1 is 1.05 bits per heavy atom. The number of thioether (sulfide) groups is 1. The Morgan fingerprint density at radius 3 is 2.76 bits per heavy atom. The smallest absolute Gasteiger partial charge is 0.0705 e. The molecule has 1 unspecified atom stereocenters. The molecule has 0 spiro atoms. The van der Waals surface area contributed by atoms with Crippen molar-refractivity contribution >= 4 is 22.7 Å². The van der Waals surface area contributed by atoms with Crippen LogP contribution < -0.4 is 5.73 Å². The summed E-state index contributed by atoms with van der Waals surface area (Å²) in [5, 5.41) is 1.19. The third-order valence-corrected chi connectivity index (χ3v) is 4.45. The standard InChI is InChI=1S/C18H18N2S/c1-13(19)15-6-4-7-17(11-15)21-12-16-10-9-14-5-2-3-8-18(14)20-16/h2-11,13H,12,19H2,1H3. The van der Waals surface area contributed by atoms with Crippen molar-refractivity contribution in [3.63, 3.8) is 0 Å². The number of pyridine rings is 1. The summed E-state index contributed by atoms with van der Waals surface area (Å²) in [6, 6.07) is 20.9. The number of hydrogen-bond donors (Lipinski definition) is 1. The maximum Gasteiger partial charge on any atom is 0.0705 e. The van der Waals surface area contributed by atoms with Gasteiger partial charge in [-0.15, -0.1) is 11.8 Å². The van der Waals surface area contributed by atoms with Crippen LogP contribution in [0.25, 0.3) is 10.9 Å². The van der Waals surface area contributed by atoms with Crippen LogP contribution in [0.1, 0.15) is 24.2 Å². The van der Waals surface area contributed by atoms with E-state index in [9.17, 15) is 0 Å². The van der Waals surface area contributed by atoms with Gasteiger partial charge >= 0.3 is 0 Å². The van der Waals surface area contributed by atoms with Crippen molar-refractivity contribution in [2.24, 2.45) is 5.73 Å². The van der Waals surface area contributed by atoms with Crippen LogP contribution in [0, 0.1) is 0 Å². The van der Waals surface area contributed by atoms with Gasteiger partial charge in [-0.25, -0.2) is 0 Å². The largest absolute Gasteiger partial charge is 0.324 e. The van der Waals surface area contributed by atoms with Gasteiger partial charge in [-0.1, -0.05) is 36.4 Å². The van der Waals surface area contributed by atoms with Crippen molar-refractivity contribution in [3.05, 3.63) is 71.9 Å². The summed E-state index contributed by atoms with van der Waals surface area (Å²) in [7, 11) is 0. The molecular formula is C18H18N2S. The number of hydrogen-bond acceptors (Lipinski definition) is 3. The summed E-state index contributed by atoms with van der Waals surface area (Å²) in [6.07, 6.45) is 0. The number of para-hydroxylation sites is 1. The lowest BCUT2D eigenvalue weighted by Gasteiger charge is -2.08. The topological polar surface area (TPSA) is 38.9 Å². The molecule has 0 saturated carbocycles. The Labute approximate surface area is 129 Å². The molecule has 0 radical (unpaired) electrons. The molecule has 1 heterocycles. The van der Waals surface area contributed by atoms with Gasteiger partial charge in [-0.3, -0.25) is 4.98 Å². The first-order valence-electron chi connectivity index (χ1n) is 7.05. The first kappa shape index (κ1) is 14.1. The monoisotopic (exact) mass is 294 g/mol. The first-order valence-corrected chi connectivity index (χ1v) is 8.04. The minimum atomic E-state index is 0.0735. The first-order chi connectivity index (χ1) is 10.2. The van der Waals surface area contributed by atoms with E-state index in [-0.39, 0.29) is 6.04 Å². The van der Waals surface area contributed by atoms with Crippen molar-refractivity contribution in [1.82, 2.24) is 4.98 Å². The third kappa shape index (κ3) is 3.43. The van der Waals surface area contributed by atoms with E-state index in [1.807, 2.05) is 19.1 Å². The predicted octanol–water partition coefficient (Wildman–Crippen LogP) is 4.55. The number of benzene rings is 2. The zero-order chi connectivity index (χ0) is 14.7. The van der Waals surface area contributed by atoms with E-state index < -0.39 is 0 Å². The van der Waals surface area contributed by atoms with Gasteiger partial charge in [0.25, 0.3) is 0 Å². The summed E-state index contributed by atoms with van der Waals surface area (Å²) in [4.78, 5) is 5.94. The highest BCUT2D eigenvalue weighted by Crippen LogP contribution is 2.25. The molecule has 0 amide bonds. The molecule has 0 aliphatic rings. The number of fused-ring (bicyclic) bond motifs is 1. The molecule has 21 heavy (non-hydrogen) atoms. The number of aromatic nitrogens is 1. The van der Waals surface area contributed by atoms with E-state index in [2.05, 4.69) is 48.5 Å². The molecular weight excluding hydrogens is 276 g/mol. The molecule has 3 heteroatoms. The van der Waals surface area contributed by atoms with Crippen molar-refractivity contribution in [3.8, 4) is 0 Å². The van der Waals surface area contributed by atoms with Gasteiger partial charge in [0.15, 0.2) is 0 Å². The second kappa shape index (κ2) is 6.29. The van der Waals surface area contributed by atoms with Gasteiger partial charge in [0.2, 0.25) is 0 Å². The van der Waals surface area contributed by atoms with Crippen molar-refractivity contribution < 1.29 is 0 Å². The van der Waals surface area contributed by atoms with E-state index in [1.54, 1.807) is 11.8 Å². The fraction of sp³-hybridized carbons (Fsp3) is 0.167. The molecule has 0 aliphatic heterocycles. The summed E-state index contributed by atoms with van der Waals surface area (Å²) < 4.78 is 0. The van der Waals surface area contributed by atoms with E-state index in [0.717, 1.165) is 17.0 Å². The fourth-order valence-corrected chi connectivity index (χ4v) is 3.10. The zero-order valence-electron chi connectivity index (χ0n) is 12.0. The van der Waals surface area contributed by atoms with Gasteiger partial charge in [-0.05, 0) is 36.8 Å². The van der Waals surface area contributed by atoms with Gasteiger partial charge in [0, 0.05) is 22.1 Å². The molecule has 3 rings (SSSR count). The normalized spacial score (nSPS) is 12.5. The second-order valence-electron chi connectivity index (χ2n) is 5.15. The van der Waals surface area contributed by atoms with Crippen LogP contribution in [0.2, 0.25) is 0 Å². The second-order valence-corrected chi connectivity index (χ2v) is 6.19. The highest BCUT2D eigenvalue weighted by molar-refractivity contribution is 7.98. The van der Waals surface area contributed by atoms with E-state index in [4.69, 9.17) is 10.7 Å². The SMILES string of the molecule is CC(N)c1cccc(SCc2ccc3ccccc3n2)c1. The molecule has 2 aromatic carbocycles. The van der Waals surface area contributed by atoms with Crippen LogP contribution in [-0.4, -0.2) is 4.98 Å². The highest BCUT2D eigenvalue weighted by atomic mass is 32.2. The van der Waals surface area contributed by atoms with E-state index in [1.165, 1.54) is 15.8 Å². The Balaban J connectivity index is 1.75. The summed E-state index contributed by atoms with van der Waals surface area (Å²) in [5.74, 6) is 0.868. The Hall–Kier alpha value is -1.84. The Morgan fingerprint density at radius 2 is 1.90 bits per heavy atom. The highest BCUT2D eigenvalue weighted by Gasteiger charge is 2.03. The Kier molecular flexibility index (Phi) is 4.23. The van der Waals surface area contributed by atoms with Crippen molar-refractivity contribution in [2.75, 3.05) is 0 Å². The minimum absolute atomic E-state index is 0.0735. The van der Waals surface area contributed by atoms with Crippen LogP contribution in [0.15, 0.2) is 65.6 Å². The fourth-order valence-electron chi connectivity index (χ4n) is 2.23. The average molecular weight is 294 g/mol. The van der Waals surface area contributed by atoms with Gasteiger partial charge in [-0.2, -0.15) is 0 Å². The molecule has 2 nitrogen and oxygen atoms in total. The maximum absolute atomic E-state index is 5.93. The van der Waals surface area contributed by atoms with E-state index in [0.29, 0.717) is 0 Å². The van der Waals surface area contributed by atoms with Crippen LogP contribution in [0.4, 0.5) is 0 Å². The Bertz CT molecular complexity index is 753. The molecule has 0 aliphatic carbocycles. The van der Waals surface area contributed by atoms with Crippen LogP contribution in [0.3, 0.4) is 0 Å². The molecule has 0 saturated heterocycles. The summed E-state index contributed by atoms with van der Waals surface area (Å²) in [6.45, 7) is 2.01. The quantitative estimate of drug-likeness (QED) is 0.718. The lowest BCUT2D eigenvalue weighted by Crippen LogP contribution is -2.04. The predicted molar refractivity (Wildman–Crippen MR) is 90.3 cm³/mol. The molecule has 2 N–H and O–H groups in total. The summed E-state index contributed by atoms with van der Waals surface area (Å²) in [5.41, 5.74) is 9.26. The number of nitrogens with zero attached hydrogens (tertiary/aromatic N) is 1. The van der Waals surface area contributed by atoms with Gasteiger partial charge in [0.1, 0.15) is 0 Å². The lowest BCUT2D eigenvalue weighted by atomic mass is 10.1. The molecule has 106 valence electrons. The van der Waals surface area contributed by atoms with Crippen LogP contribution in [0.5, 0.6) is 0 Å². The zero-order valence-corrected chi connectivity index (χ0v) is 12.8. The molecule has 1 aromatic heterocycles. The maximum atomic E-state index is 5.93. The summed E-state index contributed by atoms with van der Waals surface area (Å²) >= 11 is 1.80. The van der Waals surface area contributed by atoms with E-state index >= 15 is 0 Å². The van der Waals surface area contributed by atoms with Crippen molar-refractivity contribution in [2.45, 2.75) is 23.6 Å². The molecule has 0 fully saturated rings. The van der Waals surface area contributed by atoms with Crippen LogP contribution >= 0.6 is 11.8 Å². The number of rotatable bonds is 4. The van der Waals surface area contributed by atoms with Gasteiger partial charge in [0.05, 0.1) is 11.2 Å². The number of nitrogens with two attached hydrogens (primary N) is 1. The molecule has 0 bridgehead atoms. The van der Waals surface area contributed by atoms with Gasteiger partial charge < -0.3 is 5.73 Å². The average Bonchev–Trinajstić information content (AvgIpc) is 2.53. The minimum Gasteiger partial charge on any atom is -0.324 e. The molecule has 1 atom stereocenters.